The predicted molar refractivity (Wildman–Crippen MR) is 65.0 cm³/mol. The third-order valence-corrected chi connectivity index (χ3v) is 2.37. The fraction of sp³-hybridized carbons (Fsp3) is 0.0909. The van der Waals surface area contributed by atoms with Crippen LogP contribution in [0.2, 0.25) is 0 Å². The van der Waals surface area contributed by atoms with Gasteiger partial charge in [0.25, 0.3) is 5.56 Å². The molecule has 2 aromatic rings. The zero-order valence-corrected chi connectivity index (χ0v) is 9.25. The summed E-state index contributed by atoms with van der Waals surface area (Å²) in [5, 5.41) is 0. The van der Waals surface area contributed by atoms with Crippen molar-refractivity contribution in [3.63, 3.8) is 0 Å². The Labute approximate surface area is 97.4 Å². The number of hydrogen-bond acceptors (Lipinski definition) is 5. The highest BCUT2D eigenvalue weighted by molar-refractivity contribution is 5.60. The van der Waals surface area contributed by atoms with Gasteiger partial charge in [-0.1, -0.05) is 0 Å². The SMILES string of the molecule is COc1ccc(-c2cc(=O)n(N)c(N)n2)cc1. The molecule has 4 N–H and O–H groups in total. The predicted octanol–water partition coefficient (Wildman–Crippen LogP) is 0.215. The van der Waals surface area contributed by atoms with Crippen LogP contribution < -0.4 is 21.9 Å². The van der Waals surface area contributed by atoms with E-state index in [-0.39, 0.29) is 5.95 Å². The molecule has 6 nitrogen and oxygen atoms in total. The first-order chi connectivity index (χ1) is 8.11. The molecule has 0 amide bonds. The van der Waals surface area contributed by atoms with E-state index >= 15 is 0 Å². The summed E-state index contributed by atoms with van der Waals surface area (Å²) in [7, 11) is 1.58. The van der Waals surface area contributed by atoms with Crippen molar-refractivity contribution in [1.29, 1.82) is 0 Å². The normalized spacial score (nSPS) is 10.2. The van der Waals surface area contributed by atoms with Gasteiger partial charge in [-0.3, -0.25) is 4.79 Å². The molecule has 0 saturated heterocycles. The highest BCUT2D eigenvalue weighted by Crippen LogP contribution is 2.19. The van der Waals surface area contributed by atoms with Crippen LogP contribution in [-0.4, -0.2) is 16.8 Å². The summed E-state index contributed by atoms with van der Waals surface area (Å²) in [6, 6.07) is 8.47. The molecule has 0 bridgehead atoms. The number of methoxy groups -OCH3 is 1. The van der Waals surface area contributed by atoms with Gasteiger partial charge in [-0.25, -0.2) is 4.98 Å². The number of aromatic nitrogens is 2. The highest BCUT2D eigenvalue weighted by Gasteiger charge is 2.05. The summed E-state index contributed by atoms with van der Waals surface area (Å²) in [5.74, 6) is 6.08. The van der Waals surface area contributed by atoms with Crippen molar-refractivity contribution in [1.82, 2.24) is 9.66 Å². The second-order valence-corrected chi connectivity index (χ2v) is 3.44. The van der Waals surface area contributed by atoms with Gasteiger partial charge < -0.3 is 16.3 Å². The zero-order chi connectivity index (χ0) is 12.4. The first-order valence-corrected chi connectivity index (χ1v) is 4.91. The van der Waals surface area contributed by atoms with E-state index in [0.717, 1.165) is 16.0 Å². The summed E-state index contributed by atoms with van der Waals surface area (Å²) >= 11 is 0. The van der Waals surface area contributed by atoms with Crippen LogP contribution in [0.4, 0.5) is 5.95 Å². The van der Waals surface area contributed by atoms with E-state index < -0.39 is 5.56 Å². The van der Waals surface area contributed by atoms with E-state index in [2.05, 4.69) is 4.98 Å². The Balaban J connectivity index is 2.49. The zero-order valence-electron chi connectivity index (χ0n) is 9.25. The van der Waals surface area contributed by atoms with Crippen LogP contribution in [0, 0.1) is 0 Å². The molecule has 0 atom stereocenters. The molecule has 1 aromatic carbocycles. The van der Waals surface area contributed by atoms with E-state index in [0.29, 0.717) is 5.69 Å². The van der Waals surface area contributed by atoms with Crippen molar-refractivity contribution in [2.24, 2.45) is 0 Å². The summed E-state index contributed by atoms with van der Waals surface area (Å²) in [6.07, 6.45) is 0. The molecule has 6 heteroatoms. The smallest absolute Gasteiger partial charge is 0.273 e. The Bertz CT molecular complexity index is 589. The summed E-state index contributed by atoms with van der Waals surface area (Å²) in [4.78, 5) is 15.5. The van der Waals surface area contributed by atoms with Gasteiger partial charge in [0.2, 0.25) is 5.95 Å². The van der Waals surface area contributed by atoms with Gasteiger partial charge in [0.05, 0.1) is 12.8 Å². The molecule has 88 valence electrons. The number of nitrogens with two attached hydrogens (primary N) is 2. The number of benzene rings is 1. The van der Waals surface area contributed by atoms with Crippen molar-refractivity contribution >= 4 is 5.95 Å². The molecule has 0 unspecified atom stereocenters. The Morgan fingerprint density at radius 1 is 1.29 bits per heavy atom. The number of ether oxygens (including phenoxy) is 1. The van der Waals surface area contributed by atoms with Crippen LogP contribution >= 0.6 is 0 Å². The van der Waals surface area contributed by atoms with Gasteiger partial charge in [0, 0.05) is 11.6 Å². The molecule has 0 aliphatic rings. The Hall–Kier alpha value is -2.50. The lowest BCUT2D eigenvalue weighted by Gasteiger charge is -2.06. The van der Waals surface area contributed by atoms with Gasteiger partial charge in [-0.2, -0.15) is 4.68 Å². The maximum atomic E-state index is 11.5. The lowest BCUT2D eigenvalue weighted by atomic mass is 10.1. The van der Waals surface area contributed by atoms with E-state index in [1.165, 1.54) is 6.07 Å². The third kappa shape index (κ3) is 2.05. The van der Waals surface area contributed by atoms with Crippen LogP contribution in [-0.2, 0) is 0 Å². The molecule has 0 saturated carbocycles. The minimum Gasteiger partial charge on any atom is -0.497 e. The molecule has 0 radical (unpaired) electrons. The van der Waals surface area contributed by atoms with Crippen LogP contribution in [0.3, 0.4) is 0 Å². The summed E-state index contributed by atoms with van der Waals surface area (Å²) in [6.45, 7) is 0. The fourth-order valence-corrected chi connectivity index (χ4v) is 1.42. The Morgan fingerprint density at radius 2 is 1.94 bits per heavy atom. The lowest BCUT2D eigenvalue weighted by molar-refractivity contribution is 0.415. The minimum absolute atomic E-state index is 0.0247. The maximum Gasteiger partial charge on any atom is 0.273 e. The van der Waals surface area contributed by atoms with Gasteiger partial charge in [-0.15, -0.1) is 0 Å². The largest absolute Gasteiger partial charge is 0.497 e. The molecule has 1 heterocycles. The average Bonchev–Trinajstić information content (AvgIpc) is 2.35. The molecule has 0 aliphatic carbocycles. The maximum absolute atomic E-state index is 11.5. The molecule has 2 rings (SSSR count). The van der Waals surface area contributed by atoms with Crippen molar-refractivity contribution in [2.45, 2.75) is 0 Å². The van der Waals surface area contributed by atoms with Crippen LogP contribution in [0.25, 0.3) is 11.3 Å². The van der Waals surface area contributed by atoms with Crippen LogP contribution in [0.1, 0.15) is 0 Å². The molecule has 0 spiro atoms. The molecule has 1 aromatic heterocycles. The number of anilines is 1. The van der Waals surface area contributed by atoms with Crippen molar-refractivity contribution in [3.8, 4) is 17.0 Å². The highest BCUT2D eigenvalue weighted by atomic mass is 16.5. The number of hydrogen-bond donors (Lipinski definition) is 2. The monoisotopic (exact) mass is 232 g/mol. The van der Waals surface area contributed by atoms with Crippen molar-refractivity contribution in [3.05, 3.63) is 40.7 Å². The van der Waals surface area contributed by atoms with Gasteiger partial charge >= 0.3 is 0 Å². The Morgan fingerprint density at radius 3 is 2.47 bits per heavy atom. The second kappa shape index (κ2) is 4.17. The number of nitrogens with zero attached hydrogens (tertiary/aromatic N) is 2. The standard InChI is InChI=1S/C11H12N4O2/c1-17-8-4-2-7(3-5-8)9-6-10(16)15(13)11(12)14-9/h2-6H,13H2,1H3,(H2,12,14). The summed E-state index contributed by atoms with van der Waals surface area (Å²) < 4.78 is 5.84. The minimum atomic E-state index is -0.400. The molecular formula is C11H12N4O2. The average molecular weight is 232 g/mol. The lowest BCUT2D eigenvalue weighted by Crippen LogP contribution is -2.30. The van der Waals surface area contributed by atoms with Crippen LogP contribution in [0.15, 0.2) is 35.1 Å². The third-order valence-electron chi connectivity index (χ3n) is 2.37. The number of nitrogen functional groups attached to an aromatic ring is 2. The van der Waals surface area contributed by atoms with E-state index in [4.69, 9.17) is 16.3 Å². The van der Waals surface area contributed by atoms with E-state index in [1.54, 1.807) is 31.4 Å². The molecule has 0 aliphatic heterocycles. The van der Waals surface area contributed by atoms with Crippen molar-refractivity contribution < 1.29 is 4.74 Å². The first kappa shape index (κ1) is 11.0. The molecule has 0 fully saturated rings. The van der Waals surface area contributed by atoms with Crippen molar-refractivity contribution in [2.75, 3.05) is 18.7 Å². The topological polar surface area (TPSA) is 96.2 Å². The van der Waals surface area contributed by atoms with E-state index in [9.17, 15) is 4.79 Å². The van der Waals surface area contributed by atoms with Gasteiger partial charge in [-0.05, 0) is 24.3 Å². The molecule has 17 heavy (non-hydrogen) atoms. The van der Waals surface area contributed by atoms with Gasteiger partial charge in [0.15, 0.2) is 0 Å². The summed E-state index contributed by atoms with van der Waals surface area (Å²) in [5.41, 5.74) is 6.37. The number of rotatable bonds is 2. The van der Waals surface area contributed by atoms with Gasteiger partial charge in [0.1, 0.15) is 5.75 Å². The quantitative estimate of drug-likeness (QED) is 0.722. The molecular weight excluding hydrogens is 220 g/mol. The van der Waals surface area contributed by atoms with E-state index in [1.807, 2.05) is 0 Å². The second-order valence-electron chi connectivity index (χ2n) is 3.44. The van der Waals surface area contributed by atoms with Crippen LogP contribution in [0.5, 0.6) is 5.75 Å². The first-order valence-electron chi connectivity index (χ1n) is 4.91. The fourth-order valence-electron chi connectivity index (χ4n) is 1.42. The Kier molecular flexibility index (Phi) is 2.70.